The SMILES string of the molecule is Cc1ccc(OCC(=O)NC[C@H](c2ccc(N(C)C)cc2)N2CCCC2)cc1. The van der Waals surface area contributed by atoms with Crippen molar-refractivity contribution in [3.63, 3.8) is 0 Å². The van der Waals surface area contributed by atoms with Crippen molar-refractivity contribution in [3.05, 3.63) is 59.7 Å². The second kappa shape index (κ2) is 9.60. The smallest absolute Gasteiger partial charge is 0.258 e. The maximum atomic E-state index is 12.3. The largest absolute Gasteiger partial charge is 0.484 e. The molecule has 2 aromatic carbocycles. The van der Waals surface area contributed by atoms with Crippen molar-refractivity contribution < 1.29 is 9.53 Å². The lowest BCUT2D eigenvalue weighted by atomic mass is 10.0. The first kappa shape index (κ1) is 20.2. The van der Waals surface area contributed by atoms with E-state index in [2.05, 4.69) is 39.4 Å². The number of ether oxygens (including phenoxy) is 1. The van der Waals surface area contributed by atoms with Gasteiger partial charge in [-0.1, -0.05) is 29.8 Å². The molecule has 1 saturated heterocycles. The van der Waals surface area contributed by atoms with Crippen molar-refractivity contribution in [1.29, 1.82) is 0 Å². The third-order valence-corrected chi connectivity index (χ3v) is 5.26. The van der Waals surface area contributed by atoms with Crippen LogP contribution in [0.25, 0.3) is 0 Å². The van der Waals surface area contributed by atoms with Gasteiger partial charge < -0.3 is 15.0 Å². The summed E-state index contributed by atoms with van der Waals surface area (Å²) >= 11 is 0. The summed E-state index contributed by atoms with van der Waals surface area (Å²) in [6, 6.07) is 16.6. The summed E-state index contributed by atoms with van der Waals surface area (Å²) in [6.45, 7) is 4.82. The zero-order chi connectivity index (χ0) is 19.9. The molecule has 0 aliphatic carbocycles. The van der Waals surface area contributed by atoms with Gasteiger partial charge in [0.15, 0.2) is 6.61 Å². The minimum atomic E-state index is -0.0883. The minimum Gasteiger partial charge on any atom is -0.484 e. The maximum Gasteiger partial charge on any atom is 0.258 e. The Morgan fingerprint density at radius 2 is 1.71 bits per heavy atom. The molecule has 150 valence electrons. The van der Waals surface area contributed by atoms with Gasteiger partial charge in [0.25, 0.3) is 5.91 Å². The van der Waals surface area contributed by atoms with Crippen molar-refractivity contribution in [2.75, 3.05) is 45.2 Å². The molecule has 1 aliphatic rings. The van der Waals surface area contributed by atoms with Crippen LogP contribution in [0.4, 0.5) is 5.69 Å². The van der Waals surface area contributed by atoms with E-state index in [1.54, 1.807) is 0 Å². The molecule has 1 fully saturated rings. The van der Waals surface area contributed by atoms with Crippen LogP contribution in [0.2, 0.25) is 0 Å². The van der Waals surface area contributed by atoms with Gasteiger partial charge in [-0.2, -0.15) is 0 Å². The van der Waals surface area contributed by atoms with Gasteiger partial charge in [-0.05, 0) is 62.7 Å². The number of hydrogen-bond donors (Lipinski definition) is 1. The van der Waals surface area contributed by atoms with Crippen molar-refractivity contribution in [2.45, 2.75) is 25.8 Å². The molecule has 0 spiro atoms. The van der Waals surface area contributed by atoms with Crippen LogP contribution in [0.15, 0.2) is 48.5 Å². The van der Waals surface area contributed by atoms with E-state index in [-0.39, 0.29) is 18.6 Å². The predicted octanol–water partition coefficient (Wildman–Crippen LogP) is 3.39. The average molecular weight is 382 g/mol. The number of nitrogens with one attached hydrogen (secondary N) is 1. The third-order valence-electron chi connectivity index (χ3n) is 5.26. The van der Waals surface area contributed by atoms with E-state index in [4.69, 9.17) is 4.74 Å². The van der Waals surface area contributed by atoms with E-state index in [0.29, 0.717) is 6.54 Å². The summed E-state index contributed by atoms with van der Waals surface area (Å²) in [7, 11) is 4.09. The van der Waals surface area contributed by atoms with Crippen molar-refractivity contribution in [2.24, 2.45) is 0 Å². The van der Waals surface area contributed by atoms with Crippen LogP contribution in [0.1, 0.15) is 30.0 Å². The van der Waals surface area contributed by atoms with Crippen LogP contribution in [-0.4, -0.2) is 51.1 Å². The summed E-state index contributed by atoms with van der Waals surface area (Å²) in [4.78, 5) is 16.9. The highest BCUT2D eigenvalue weighted by molar-refractivity contribution is 5.77. The molecule has 1 atom stereocenters. The Morgan fingerprint density at radius 1 is 1.07 bits per heavy atom. The van der Waals surface area contributed by atoms with Gasteiger partial charge in [-0.25, -0.2) is 0 Å². The molecule has 1 N–H and O–H groups in total. The zero-order valence-corrected chi connectivity index (χ0v) is 17.1. The molecule has 1 amide bonds. The topological polar surface area (TPSA) is 44.8 Å². The molecule has 2 aromatic rings. The van der Waals surface area contributed by atoms with E-state index in [1.165, 1.54) is 29.7 Å². The summed E-state index contributed by atoms with van der Waals surface area (Å²) in [5.41, 5.74) is 3.59. The molecule has 5 heteroatoms. The molecule has 0 unspecified atom stereocenters. The first-order chi connectivity index (χ1) is 13.5. The number of anilines is 1. The first-order valence-electron chi connectivity index (χ1n) is 10.0. The van der Waals surface area contributed by atoms with Gasteiger partial charge in [-0.3, -0.25) is 9.69 Å². The second-order valence-electron chi connectivity index (χ2n) is 7.65. The highest BCUT2D eigenvalue weighted by atomic mass is 16.5. The van der Waals surface area contributed by atoms with E-state index >= 15 is 0 Å². The summed E-state index contributed by atoms with van der Waals surface area (Å²) < 4.78 is 5.60. The van der Waals surface area contributed by atoms with Crippen molar-refractivity contribution in [1.82, 2.24) is 10.2 Å². The van der Waals surface area contributed by atoms with Crippen LogP contribution < -0.4 is 15.0 Å². The van der Waals surface area contributed by atoms with Crippen LogP contribution in [-0.2, 0) is 4.79 Å². The Kier molecular flexibility index (Phi) is 6.93. The number of rotatable bonds is 8. The fourth-order valence-corrected chi connectivity index (χ4v) is 3.55. The fourth-order valence-electron chi connectivity index (χ4n) is 3.55. The van der Waals surface area contributed by atoms with Crippen LogP contribution in [0.5, 0.6) is 5.75 Å². The van der Waals surface area contributed by atoms with Crippen LogP contribution in [0, 0.1) is 6.92 Å². The normalized spacial score (nSPS) is 15.2. The van der Waals surface area contributed by atoms with E-state index in [9.17, 15) is 4.79 Å². The van der Waals surface area contributed by atoms with E-state index in [0.717, 1.165) is 18.8 Å². The lowest BCUT2D eigenvalue weighted by Crippen LogP contribution is -2.38. The fraction of sp³-hybridized carbons (Fsp3) is 0.435. The number of amides is 1. The lowest BCUT2D eigenvalue weighted by molar-refractivity contribution is -0.123. The standard InChI is InChI=1S/C23H31N3O2/c1-18-6-12-21(13-7-18)28-17-23(27)24-16-22(26-14-4-5-15-26)19-8-10-20(11-9-19)25(2)3/h6-13,22H,4-5,14-17H2,1-3H3,(H,24,27)/t22-/m1/s1. The molecular formula is C23H31N3O2. The quantitative estimate of drug-likeness (QED) is 0.761. The number of hydrogen-bond acceptors (Lipinski definition) is 4. The molecule has 3 rings (SSSR count). The number of carbonyl (C=O) groups excluding carboxylic acids is 1. The highest BCUT2D eigenvalue weighted by Crippen LogP contribution is 2.26. The summed E-state index contributed by atoms with van der Waals surface area (Å²) in [6.07, 6.45) is 2.44. The van der Waals surface area contributed by atoms with Gasteiger partial charge >= 0.3 is 0 Å². The molecule has 1 heterocycles. The van der Waals surface area contributed by atoms with E-state index in [1.807, 2.05) is 45.3 Å². The molecule has 5 nitrogen and oxygen atoms in total. The lowest BCUT2D eigenvalue weighted by Gasteiger charge is -2.28. The summed E-state index contributed by atoms with van der Waals surface area (Å²) in [5, 5.41) is 3.06. The first-order valence-corrected chi connectivity index (χ1v) is 10.0. The Hall–Kier alpha value is -2.53. The average Bonchev–Trinajstić information content (AvgIpc) is 3.22. The molecule has 1 aliphatic heterocycles. The number of carbonyl (C=O) groups is 1. The summed E-state index contributed by atoms with van der Waals surface area (Å²) in [5.74, 6) is 0.630. The highest BCUT2D eigenvalue weighted by Gasteiger charge is 2.24. The molecule has 0 radical (unpaired) electrons. The van der Waals surface area contributed by atoms with Crippen molar-refractivity contribution in [3.8, 4) is 5.75 Å². The van der Waals surface area contributed by atoms with Crippen LogP contribution in [0.3, 0.4) is 0 Å². The van der Waals surface area contributed by atoms with Gasteiger partial charge in [0, 0.05) is 26.3 Å². The molecule has 28 heavy (non-hydrogen) atoms. The van der Waals surface area contributed by atoms with Gasteiger partial charge in [0.05, 0.1) is 6.04 Å². The zero-order valence-electron chi connectivity index (χ0n) is 17.1. The Bertz CT molecular complexity index is 750. The Morgan fingerprint density at radius 3 is 2.32 bits per heavy atom. The maximum absolute atomic E-state index is 12.3. The van der Waals surface area contributed by atoms with Gasteiger partial charge in [0.2, 0.25) is 0 Å². The predicted molar refractivity (Wildman–Crippen MR) is 114 cm³/mol. The van der Waals surface area contributed by atoms with Crippen LogP contribution >= 0.6 is 0 Å². The van der Waals surface area contributed by atoms with E-state index < -0.39 is 0 Å². The molecular weight excluding hydrogens is 350 g/mol. The Labute approximate surface area is 168 Å². The monoisotopic (exact) mass is 381 g/mol. The third kappa shape index (κ3) is 5.49. The molecule has 0 bridgehead atoms. The number of benzene rings is 2. The van der Waals surface area contributed by atoms with Gasteiger partial charge in [0.1, 0.15) is 5.75 Å². The molecule has 0 saturated carbocycles. The number of nitrogens with zero attached hydrogens (tertiary/aromatic N) is 2. The second-order valence-corrected chi connectivity index (χ2v) is 7.65. The Balaban J connectivity index is 1.58. The molecule has 0 aromatic heterocycles. The number of aryl methyl sites for hydroxylation is 1. The van der Waals surface area contributed by atoms with Crippen molar-refractivity contribution >= 4 is 11.6 Å². The number of likely N-dealkylation sites (tertiary alicyclic amines) is 1. The minimum absolute atomic E-state index is 0.0371. The van der Waals surface area contributed by atoms with Gasteiger partial charge in [-0.15, -0.1) is 0 Å².